The minimum atomic E-state index is 0.0167. The van der Waals surface area contributed by atoms with E-state index < -0.39 is 0 Å². The van der Waals surface area contributed by atoms with E-state index in [2.05, 4.69) is 9.97 Å². The lowest BCUT2D eigenvalue weighted by Gasteiger charge is -2.25. The Kier molecular flexibility index (Phi) is 3.24. The van der Waals surface area contributed by atoms with Gasteiger partial charge in [0.25, 0.3) is 0 Å². The van der Waals surface area contributed by atoms with Gasteiger partial charge < -0.3 is 15.7 Å². The van der Waals surface area contributed by atoms with Gasteiger partial charge in [-0.1, -0.05) is 0 Å². The van der Waals surface area contributed by atoms with Crippen molar-refractivity contribution in [1.82, 2.24) is 9.97 Å². The van der Waals surface area contributed by atoms with Gasteiger partial charge in [0.15, 0.2) is 0 Å². The Morgan fingerprint density at radius 1 is 1.57 bits per heavy atom. The highest BCUT2D eigenvalue weighted by Gasteiger charge is 2.13. The van der Waals surface area contributed by atoms with Gasteiger partial charge >= 0.3 is 0 Å². The van der Waals surface area contributed by atoms with E-state index in [4.69, 9.17) is 10.8 Å². The summed E-state index contributed by atoms with van der Waals surface area (Å²) in [6.07, 6.45) is 1.43. The summed E-state index contributed by atoms with van der Waals surface area (Å²) in [5.74, 6) is 1.24. The van der Waals surface area contributed by atoms with Crippen LogP contribution in [0.25, 0.3) is 0 Å². The van der Waals surface area contributed by atoms with Crippen molar-refractivity contribution in [1.29, 1.82) is 0 Å². The van der Waals surface area contributed by atoms with Gasteiger partial charge in [-0.15, -0.1) is 0 Å². The molecule has 5 nitrogen and oxygen atoms in total. The number of nitrogen functional groups attached to an aromatic ring is 1. The minimum absolute atomic E-state index is 0.0167. The molecule has 0 spiro atoms. The van der Waals surface area contributed by atoms with E-state index in [1.807, 2.05) is 25.8 Å². The van der Waals surface area contributed by atoms with Gasteiger partial charge in [0, 0.05) is 12.6 Å². The number of hydrogen-bond donors (Lipinski definition) is 2. The number of likely N-dealkylation sites (N-methyl/N-ethyl adjacent to an activating group) is 1. The van der Waals surface area contributed by atoms with E-state index in [-0.39, 0.29) is 12.6 Å². The number of aliphatic hydroxyl groups is 1. The molecule has 1 unspecified atom stereocenters. The lowest BCUT2D eigenvalue weighted by Crippen LogP contribution is -2.33. The molecular weight excluding hydrogens is 180 g/mol. The topological polar surface area (TPSA) is 75.3 Å². The standard InChI is InChI=1S/C9H16N4O/c1-6(4-14)13(3)9-7(2)8(10)11-5-12-9/h5-6,14H,4H2,1-3H3,(H2,10,11,12). The molecule has 0 bridgehead atoms. The summed E-state index contributed by atoms with van der Waals surface area (Å²) in [7, 11) is 1.87. The quantitative estimate of drug-likeness (QED) is 0.721. The molecule has 14 heavy (non-hydrogen) atoms. The first-order valence-electron chi connectivity index (χ1n) is 4.48. The number of rotatable bonds is 3. The molecule has 0 saturated heterocycles. The number of aromatic nitrogens is 2. The maximum atomic E-state index is 9.01. The summed E-state index contributed by atoms with van der Waals surface area (Å²) in [5, 5.41) is 9.01. The van der Waals surface area contributed by atoms with Crippen molar-refractivity contribution in [2.45, 2.75) is 19.9 Å². The van der Waals surface area contributed by atoms with Crippen LogP contribution in [-0.2, 0) is 0 Å². The number of nitrogens with zero attached hydrogens (tertiary/aromatic N) is 3. The van der Waals surface area contributed by atoms with Crippen LogP contribution in [0, 0.1) is 6.92 Å². The molecule has 3 N–H and O–H groups in total. The molecule has 0 amide bonds. The molecule has 0 aromatic carbocycles. The summed E-state index contributed by atoms with van der Waals surface area (Å²) in [5.41, 5.74) is 6.50. The molecule has 1 atom stereocenters. The molecule has 0 saturated carbocycles. The summed E-state index contributed by atoms with van der Waals surface area (Å²) in [4.78, 5) is 9.90. The normalized spacial score (nSPS) is 12.6. The van der Waals surface area contributed by atoms with Crippen LogP contribution >= 0.6 is 0 Å². The Bertz CT molecular complexity index is 316. The fourth-order valence-electron chi connectivity index (χ4n) is 1.14. The number of aliphatic hydroxyl groups excluding tert-OH is 1. The number of nitrogens with two attached hydrogens (primary N) is 1. The summed E-state index contributed by atoms with van der Waals surface area (Å²) < 4.78 is 0. The molecule has 0 fully saturated rings. The molecule has 0 aliphatic rings. The van der Waals surface area contributed by atoms with Crippen LogP contribution in [0.3, 0.4) is 0 Å². The molecule has 1 rings (SSSR count). The molecule has 0 aliphatic heterocycles. The van der Waals surface area contributed by atoms with Gasteiger partial charge in [0.1, 0.15) is 18.0 Å². The second kappa shape index (κ2) is 4.23. The Morgan fingerprint density at radius 3 is 2.79 bits per heavy atom. The minimum Gasteiger partial charge on any atom is -0.394 e. The third-order valence-corrected chi connectivity index (χ3v) is 2.36. The largest absolute Gasteiger partial charge is 0.394 e. The second-order valence-corrected chi connectivity index (χ2v) is 3.35. The fourth-order valence-corrected chi connectivity index (χ4v) is 1.14. The summed E-state index contributed by atoms with van der Waals surface area (Å²) >= 11 is 0. The first kappa shape index (κ1) is 10.7. The highest BCUT2D eigenvalue weighted by atomic mass is 16.3. The Balaban J connectivity index is 3.01. The molecule has 1 heterocycles. The van der Waals surface area contributed by atoms with Crippen LogP contribution in [0.4, 0.5) is 11.6 Å². The van der Waals surface area contributed by atoms with Gasteiger partial charge in [0.2, 0.25) is 0 Å². The molecular formula is C9H16N4O. The zero-order valence-electron chi connectivity index (χ0n) is 8.73. The third kappa shape index (κ3) is 1.93. The summed E-state index contributed by atoms with van der Waals surface area (Å²) in [6.45, 7) is 3.86. The monoisotopic (exact) mass is 196 g/mol. The lowest BCUT2D eigenvalue weighted by molar-refractivity contribution is 0.269. The van der Waals surface area contributed by atoms with Gasteiger partial charge in [0.05, 0.1) is 12.6 Å². The zero-order valence-corrected chi connectivity index (χ0v) is 8.73. The lowest BCUT2D eigenvalue weighted by atomic mass is 10.2. The average Bonchev–Trinajstić information content (AvgIpc) is 2.20. The molecule has 1 aromatic heterocycles. The van der Waals surface area contributed by atoms with Crippen molar-refractivity contribution in [3.8, 4) is 0 Å². The molecule has 1 aromatic rings. The van der Waals surface area contributed by atoms with E-state index in [1.54, 1.807) is 0 Å². The van der Waals surface area contributed by atoms with Gasteiger partial charge in [-0.3, -0.25) is 0 Å². The van der Waals surface area contributed by atoms with Gasteiger partial charge in [-0.25, -0.2) is 9.97 Å². The maximum Gasteiger partial charge on any atom is 0.137 e. The van der Waals surface area contributed by atoms with Crippen LogP contribution in [-0.4, -0.2) is 34.8 Å². The van der Waals surface area contributed by atoms with E-state index in [0.717, 1.165) is 11.4 Å². The predicted molar refractivity (Wildman–Crippen MR) is 56.1 cm³/mol. The van der Waals surface area contributed by atoms with Crippen molar-refractivity contribution >= 4 is 11.6 Å². The van der Waals surface area contributed by atoms with Crippen LogP contribution in [0.2, 0.25) is 0 Å². The first-order chi connectivity index (χ1) is 6.57. The highest BCUT2D eigenvalue weighted by molar-refractivity contribution is 5.55. The predicted octanol–water partition coefficient (Wildman–Crippen LogP) is 0.184. The van der Waals surface area contributed by atoms with Crippen molar-refractivity contribution in [3.63, 3.8) is 0 Å². The maximum absolute atomic E-state index is 9.01. The SMILES string of the molecule is Cc1c(N)ncnc1N(C)C(C)CO. The van der Waals surface area contributed by atoms with Gasteiger partial charge in [-0.05, 0) is 13.8 Å². The van der Waals surface area contributed by atoms with E-state index in [1.165, 1.54) is 6.33 Å². The first-order valence-corrected chi connectivity index (χ1v) is 4.48. The summed E-state index contributed by atoms with van der Waals surface area (Å²) in [6, 6.07) is 0.0167. The zero-order chi connectivity index (χ0) is 10.7. The Labute approximate surface area is 83.6 Å². The molecule has 0 aliphatic carbocycles. The van der Waals surface area contributed by atoms with Gasteiger partial charge in [-0.2, -0.15) is 0 Å². The van der Waals surface area contributed by atoms with Crippen LogP contribution in [0.15, 0.2) is 6.33 Å². The second-order valence-electron chi connectivity index (χ2n) is 3.35. The highest BCUT2D eigenvalue weighted by Crippen LogP contribution is 2.20. The van der Waals surface area contributed by atoms with Crippen molar-refractivity contribution in [2.24, 2.45) is 0 Å². The molecule has 78 valence electrons. The van der Waals surface area contributed by atoms with E-state index in [0.29, 0.717) is 5.82 Å². The van der Waals surface area contributed by atoms with E-state index in [9.17, 15) is 0 Å². The van der Waals surface area contributed by atoms with Crippen LogP contribution < -0.4 is 10.6 Å². The number of hydrogen-bond acceptors (Lipinski definition) is 5. The number of anilines is 2. The third-order valence-electron chi connectivity index (χ3n) is 2.36. The van der Waals surface area contributed by atoms with Crippen LogP contribution in [0.5, 0.6) is 0 Å². The molecule has 5 heteroatoms. The Morgan fingerprint density at radius 2 is 2.21 bits per heavy atom. The fraction of sp³-hybridized carbons (Fsp3) is 0.556. The smallest absolute Gasteiger partial charge is 0.137 e. The van der Waals surface area contributed by atoms with Crippen molar-refractivity contribution in [3.05, 3.63) is 11.9 Å². The van der Waals surface area contributed by atoms with Crippen molar-refractivity contribution < 1.29 is 5.11 Å². The average molecular weight is 196 g/mol. The van der Waals surface area contributed by atoms with Crippen LogP contribution in [0.1, 0.15) is 12.5 Å². The van der Waals surface area contributed by atoms with E-state index >= 15 is 0 Å². The molecule has 0 radical (unpaired) electrons. The van der Waals surface area contributed by atoms with Crippen molar-refractivity contribution in [2.75, 3.05) is 24.3 Å². The Hall–Kier alpha value is -1.36.